The van der Waals surface area contributed by atoms with E-state index in [9.17, 15) is 13.2 Å². The molecule has 0 saturated carbocycles. The van der Waals surface area contributed by atoms with Crippen molar-refractivity contribution in [3.05, 3.63) is 27.7 Å². The lowest BCUT2D eigenvalue weighted by atomic mass is 10.2. The average Bonchev–Trinajstić information content (AvgIpc) is 1.98. The third-order valence-corrected chi connectivity index (χ3v) is 2.17. The summed E-state index contributed by atoms with van der Waals surface area (Å²) in [5, 5.41) is -0.544. The summed E-state index contributed by atoms with van der Waals surface area (Å²) in [4.78, 5) is 0. The first-order chi connectivity index (χ1) is 5.84. The Morgan fingerprint density at radius 2 is 1.69 bits per heavy atom. The molecular formula is C7H4Cl2F3N. The second-order valence-electron chi connectivity index (χ2n) is 2.32. The normalized spacial score (nSPS) is 11.8. The van der Waals surface area contributed by atoms with Crippen LogP contribution in [0, 0.1) is 0 Å². The number of alkyl halides is 3. The van der Waals surface area contributed by atoms with Gasteiger partial charge in [-0.15, -0.1) is 0 Å². The third-order valence-electron chi connectivity index (χ3n) is 1.43. The predicted molar refractivity (Wildman–Crippen MR) is 45.9 cm³/mol. The van der Waals surface area contributed by atoms with Gasteiger partial charge in [0.15, 0.2) is 0 Å². The lowest BCUT2D eigenvalue weighted by Gasteiger charge is -2.10. The highest BCUT2D eigenvalue weighted by atomic mass is 35.5. The van der Waals surface area contributed by atoms with Crippen molar-refractivity contribution in [2.24, 2.45) is 0 Å². The first-order valence-electron chi connectivity index (χ1n) is 3.14. The van der Waals surface area contributed by atoms with Gasteiger partial charge in [0.2, 0.25) is 0 Å². The van der Waals surface area contributed by atoms with E-state index < -0.39 is 16.8 Å². The van der Waals surface area contributed by atoms with E-state index in [1.54, 1.807) is 0 Å². The molecule has 0 radical (unpaired) electrons. The number of nitrogens with two attached hydrogens (primary N) is 1. The molecule has 0 aliphatic rings. The van der Waals surface area contributed by atoms with Gasteiger partial charge in [0, 0.05) is 0 Å². The molecule has 1 aromatic carbocycles. The SMILES string of the molecule is Nc1c(Cl)ccc(C(F)(F)F)c1Cl. The van der Waals surface area contributed by atoms with Crippen molar-refractivity contribution in [2.75, 3.05) is 5.73 Å². The number of rotatable bonds is 0. The molecule has 6 heteroatoms. The molecular weight excluding hydrogens is 226 g/mol. The molecule has 0 aromatic heterocycles. The molecule has 1 rings (SSSR count). The first kappa shape index (κ1) is 10.5. The highest BCUT2D eigenvalue weighted by Crippen LogP contribution is 2.39. The zero-order valence-corrected chi connectivity index (χ0v) is 7.63. The van der Waals surface area contributed by atoms with Gasteiger partial charge in [0.25, 0.3) is 0 Å². The highest BCUT2D eigenvalue weighted by molar-refractivity contribution is 6.39. The maximum atomic E-state index is 12.2. The summed E-state index contributed by atoms with van der Waals surface area (Å²) in [6.45, 7) is 0. The quantitative estimate of drug-likeness (QED) is 0.677. The van der Waals surface area contributed by atoms with Crippen LogP contribution in [0.3, 0.4) is 0 Å². The standard InChI is InChI=1S/C7H4Cl2F3N/c8-4-2-1-3(7(10,11)12)5(9)6(4)13/h1-2H,13H2. The molecule has 0 aliphatic carbocycles. The van der Waals surface area contributed by atoms with E-state index in [4.69, 9.17) is 28.9 Å². The lowest BCUT2D eigenvalue weighted by molar-refractivity contribution is -0.137. The number of anilines is 1. The van der Waals surface area contributed by atoms with Gasteiger partial charge in [0.05, 0.1) is 21.3 Å². The van der Waals surface area contributed by atoms with Crippen molar-refractivity contribution in [3.8, 4) is 0 Å². The average molecular weight is 230 g/mol. The molecule has 2 N–H and O–H groups in total. The minimum Gasteiger partial charge on any atom is -0.396 e. The summed E-state index contributed by atoms with van der Waals surface area (Å²) in [5.41, 5.74) is 3.99. The number of benzene rings is 1. The molecule has 0 amide bonds. The maximum absolute atomic E-state index is 12.2. The molecule has 0 aliphatic heterocycles. The van der Waals surface area contributed by atoms with Crippen molar-refractivity contribution < 1.29 is 13.2 Å². The Bertz CT molecular complexity index is 335. The Hall–Kier alpha value is -0.610. The molecule has 0 unspecified atom stereocenters. The van der Waals surface area contributed by atoms with Crippen LogP contribution in [-0.4, -0.2) is 0 Å². The van der Waals surface area contributed by atoms with Gasteiger partial charge in [-0.05, 0) is 12.1 Å². The van der Waals surface area contributed by atoms with Crippen molar-refractivity contribution in [1.82, 2.24) is 0 Å². The second-order valence-corrected chi connectivity index (χ2v) is 3.11. The number of halogens is 5. The Balaban J connectivity index is 3.35. The molecule has 0 saturated heterocycles. The Morgan fingerprint density at radius 3 is 2.15 bits per heavy atom. The van der Waals surface area contributed by atoms with Crippen molar-refractivity contribution >= 4 is 28.9 Å². The van der Waals surface area contributed by atoms with Crippen LogP contribution in [0.15, 0.2) is 12.1 Å². The van der Waals surface area contributed by atoms with Crippen molar-refractivity contribution in [2.45, 2.75) is 6.18 Å². The van der Waals surface area contributed by atoms with E-state index in [0.29, 0.717) is 0 Å². The second kappa shape index (κ2) is 3.27. The van der Waals surface area contributed by atoms with Crippen LogP contribution in [0.1, 0.15) is 5.56 Å². The van der Waals surface area contributed by atoms with Crippen LogP contribution in [0.5, 0.6) is 0 Å². The molecule has 1 nitrogen and oxygen atoms in total. The van der Waals surface area contributed by atoms with Gasteiger partial charge in [-0.3, -0.25) is 0 Å². The van der Waals surface area contributed by atoms with Crippen LogP contribution in [0.4, 0.5) is 18.9 Å². The van der Waals surface area contributed by atoms with E-state index in [-0.39, 0.29) is 10.7 Å². The molecule has 0 bridgehead atoms. The van der Waals surface area contributed by atoms with Crippen molar-refractivity contribution in [3.63, 3.8) is 0 Å². The van der Waals surface area contributed by atoms with Gasteiger partial charge in [0.1, 0.15) is 0 Å². The molecule has 0 spiro atoms. The monoisotopic (exact) mass is 229 g/mol. The Kier molecular flexibility index (Phi) is 2.63. The number of hydrogen-bond acceptors (Lipinski definition) is 1. The lowest BCUT2D eigenvalue weighted by Crippen LogP contribution is -2.07. The summed E-state index contributed by atoms with van der Waals surface area (Å²) < 4.78 is 36.5. The topological polar surface area (TPSA) is 26.0 Å². The zero-order chi connectivity index (χ0) is 10.2. The van der Waals surface area contributed by atoms with Gasteiger partial charge in [-0.25, -0.2) is 0 Å². The van der Waals surface area contributed by atoms with E-state index in [2.05, 4.69) is 0 Å². The largest absolute Gasteiger partial charge is 0.417 e. The summed E-state index contributed by atoms with van der Waals surface area (Å²) in [6, 6.07) is 1.85. The zero-order valence-electron chi connectivity index (χ0n) is 6.12. The molecule has 0 atom stereocenters. The predicted octanol–water partition coefficient (Wildman–Crippen LogP) is 3.59. The van der Waals surface area contributed by atoms with E-state index >= 15 is 0 Å². The fourth-order valence-corrected chi connectivity index (χ4v) is 1.27. The van der Waals surface area contributed by atoms with Crippen LogP contribution >= 0.6 is 23.2 Å². The van der Waals surface area contributed by atoms with Gasteiger partial charge >= 0.3 is 6.18 Å². The third kappa shape index (κ3) is 2.00. The van der Waals surface area contributed by atoms with Gasteiger partial charge in [-0.2, -0.15) is 13.2 Å². The highest BCUT2D eigenvalue weighted by Gasteiger charge is 2.34. The Morgan fingerprint density at radius 1 is 1.15 bits per heavy atom. The van der Waals surface area contributed by atoms with Gasteiger partial charge < -0.3 is 5.73 Å². The maximum Gasteiger partial charge on any atom is 0.417 e. The molecule has 0 heterocycles. The van der Waals surface area contributed by atoms with Crippen LogP contribution < -0.4 is 5.73 Å². The minimum absolute atomic E-state index is 0.0120. The molecule has 13 heavy (non-hydrogen) atoms. The summed E-state index contributed by atoms with van der Waals surface area (Å²) in [6.07, 6.45) is -4.50. The smallest absolute Gasteiger partial charge is 0.396 e. The van der Waals surface area contributed by atoms with Crippen molar-refractivity contribution in [1.29, 1.82) is 0 Å². The van der Waals surface area contributed by atoms with Crippen LogP contribution in [-0.2, 0) is 6.18 Å². The van der Waals surface area contributed by atoms with E-state index in [0.717, 1.165) is 12.1 Å². The number of nitrogen functional groups attached to an aromatic ring is 1. The van der Waals surface area contributed by atoms with Crippen LogP contribution in [0.2, 0.25) is 10.0 Å². The van der Waals surface area contributed by atoms with E-state index in [1.807, 2.05) is 0 Å². The fourth-order valence-electron chi connectivity index (χ4n) is 0.788. The summed E-state index contributed by atoms with van der Waals surface area (Å²) in [5.74, 6) is 0. The summed E-state index contributed by atoms with van der Waals surface area (Å²) >= 11 is 10.8. The Labute approximate surface area is 82.2 Å². The number of hydrogen-bond donors (Lipinski definition) is 1. The summed E-state index contributed by atoms with van der Waals surface area (Å²) in [7, 11) is 0. The van der Waals surface area contributed by atoms with Crippen LogP contribution in [0.25, 0.3) is 0 Å². The fraction of sp³-hybridized carbons (Fsp3) is 0.143. The minimum atomic E-state index is -4.50. The molecule has 1 aromatic rings. The molecule has 72 valence electrons. The first-order valence-corrected chi connectivity index (χ1v) is 3.90. The van der Waals surface area contributed by atoms with E-state index in [1.165, 1.54) is 0 Å². The molecule has 0 fully saturated rings. The van der Waals surface area contributed by atoms with Gasteiger partial charge in [-0.1, -0.05) is 23.2 Å².